The van der Waals surface area contributed by atoms with Gasteiger partial charge in [-0.25, -0.2) is 4.98 Å². The van der Waals surface area contributed by atoms with Gasteiger partial charge < -0.3 is 4.98 Å². The third kappa shape index (κ3) is 5.74. The Morgan fingerprint density at radius 1 is 1.19 bits per heavy atom. The molecule has 31 heavy (non-hydrogen) atoms. The minimum absolute atomic E-state index is 0.00665. The first-order chi connectivity index (χ1) is 14.8. The van der Waals surface area contributed by atoms with Gasteiger partial charge in [-0.3, -0.25) is 25.2 Å². The number of rotatable bonds is 7. The lowest BCUT2D eigenvalue weighted by atomic mass is 9.98. The zero-order chi connectivity index (χ0) is 22.5. The van der Waals surface area contributed by atoms with Crippen LogP contribution < -0.4 is 16.4 Å². The molecule has 164 valence electrons. The second-order valence-electron chi connectivity index (χ2n) is 7.56. The van der Waals surface area contributed by atoms with Gasteiger partial charge in [0, 0.05) is 10.4 Å². The van der Waals surface area contributed by atoms with E-state index in [2.05, 4.69) is 34.7 Å². The van der Waals surface area contributed by atoms with E-state index >= 15 is 0 Å². The zero-order valence-electron chi connectivity index (χ0n) is 18.0. The van der Waals surface area contributed by atoms with Crippen molar-refractivity contribution in [1.29, 1.82) is 0 Å². The maximum absolute atomic E-state index is 12.7. The van der Waals surface area contributed by atoms with Gasteiger partial charge in [0.25, 0.3) is 11.5 Å². The highest BCUT2D eigenvalue weighted by atomic mass is 32.2. The zero-order valence-corrected chi connectivity index (χ0v) is 19.6. The second-order valence-corrected chi connectivity index (χ2v) is 9.73. The van der Waals surface area contributed by atoms with Crippen molar-refractivity contribution in [3.05, 3.63) is 56.2 Å². The molecule has 0 aliphatic rings. The number of aromatic nitrogens is 2. The Bertz CT molecular complexity index is 1150. The molecule has 0 aliphatic heterocycles. The maximum Gasteiger partial charge on any atom is 0.269 e. The van der Waals surface area contributed by atoms with Crippen LogP contribution in [0.2, 0.25) is 0 Å². The quantitative estimate of drug-likeness (QED) is 0.284. The number of thiophene rings is 1. The summed E-state index contributed by atoms with van der Waals surface area (Å²) in [5, 5.41) is 1.04. The van der Waals surface area contributed by atoms with E-state index in [4.69, 9.17) is 0 Å². The number of carbonyl (C=O) groups is 2. The van der Waals surface area contributed by atoms with Crippen LogP contribution in [0.5, 0.6) is 0 Å². The summed E-state index contributed by atoms with van der Waals surface area (Å²) in [5.41, 5.74) is 7.16. The van der Waals surface area contributed by atoms with Crippen LogP contribution in [0, 0.1) is 19.8 Å². The standard InChI is InChI=1S/C22H26N4O3S2/c1-5-12(2)10-16-14(4)31-21-18(16)20(29)23-22(24-21)30-11-17(27)25-26-19(28)15-8-6-13(3)7-9-15/h6-9,12H,5,10-11H2,1-4H3,(H,25,27)(H,26,28)(H,23,24,29). The summed E-state index contributed by atoms with van der Waals surface area (Å²) in [4.78, 5) is 46.0. The smallest absolute Gasteiger partial charge is 0.269 e. The van der Waals surface area contributed by atoms with Gasteiger partial charge in [-0.15, -0.1) is 11.3 Å². The van der Waals surface area contributed by atoms with Crippen LogP contribution in [-0.4, -0.2) is 27.5 Å². The van der Waals surface area contributed by atoms with Crippen LogP contribution in [0.25, 0.3) is 10.2 Å². The number of nitrogens with one attached hydrogen (secondary N) is 3. The van der Waals surface area contributed by atoms with Gasteiger partial charge in [-0.1, -0.05) is 49.7 Å². The first-order valence-corrected chi connectivity index (χ1v) is 11.9. The Labute approximate surface area is 189 Å². The van der Waals surface area contributed by atoms with E-state index in [1.807, 2.05) is 26.0 Å². The predicted molar refractivity (Wildman–Crippen MR) is 126 cm³/mol. The highest BCUT2D eigenvalue weighted by Gasteiger charge is 2.17. The Morgan fingerprint density at radius 3 is 2.58 bits per heavy atom. The van der Waals surface area contributed by atoms with Gasteiger partial charge in [0.05, 0.1) is 11.1 Å². The molecule has 3 N–H and O–H groups in total. The Morgan fingerprint density at radius 2 is 1.90 bits per heavy atom. The largest absolute Gasteiger partial charge is 0.301 e. The van der Waals surface area contributed by atoms with Crippen LogP contribution in [0.1, 0.15) is 46.6 Å². The van der Waals surface area contributed by atoms with E-state index in [1.165, 1.54) is 11.3 Å². The van der Waals surface area contributed by atoms with Crippen LogP contribution in [0.3, 0.4) is 0 Å². The highest BCUT2D eigenvalue weighted by Crippen LogP contribution is 2.30. The van der Waals surface area contributed by atoms with Gasteiger partial charge in [-0.05, 0) is 43.9 Å². The summed E-state index contributed by atoms with van der Waals surface area (Å²) >= 11 is 2.62. The number of carbonyl (C=O) groups excluding carboxylic acids is 2. The van der Waals surface area contributed by atoms with Crippen molar-refractivity contribution < 1.29 is 9.59 Å². The molecule has 2 amide bonds. The minimum Gasteiger partial charge on any atom is -0.301 e. The molecule has 0 fully saturated rings. The summed E-state index contributed by atoms with van der Waals surface area (Å²) < 4.78 is 0. The van der Waals surface area contributed by atoms with E-state index in [0.29, 0.717) is 26.9 Å². The van der Waals surface area contributed by atoms with Crippen LogP contribution in [-0.2, 0) is 11.2 Å². The number of aromatic amines is 1. The van der Waals surface area contributed by atoms with Gasteiger partial charge in [0.1, 0.15) is 4.83 Å². The van der Waals surface area contributed by atoms with Gasteiger partial charge in [-0.2, -0.15) is 0 Å². The van der Waals surface area contributed by atoms with Crippen LogP contribution in [0.15, 0.2) is 34.2 Å². The number of benzene rings is 1. The predicted octanol–water partition coefficient (Wildman–Crippen LogP) is 3.74. The SMILES string of the molecule is CCC(C)Cc1c(C)sc2nc(SCC(=O)NNC(=O)c3ccc(C)cc3)[nH]c(=O)c12. The fourth-order valence-electron chi connectivity index (χ4n) is 3.04. The van der Waals surface area contributed by atoms with Crippen molar-refractivity contribution in [3.63, 3.8) is 0 Å². The normalized spacial score (nSPS) is 12.0. The molecule has 2 aromatic heterocycles. The maximum atomic E-state index is 12.7. The lowest BCUT2D eigenvalue weighted by Crippen LogP contribution is -2.42. The molecule has 9 heteroatoms. The third-order valence-electron chi connectivity index (χ3n) is 5.06. The first kappa shape index (κ1) is 23.0. The Kier molecular flexibility index (Phi) is 7.50. The summed E-state index contributed by atoms with van der Waals surface area (Å²) in [6.45, 7) is 8.26. The molecule has 0 saturated carbocycles. The number of aryl methyl sites for hydroxylation is 2. The Hall–Kier alpha value is -2.65. The summed E-state index contributed by atoms with van der Waals surface area (Å²) in [5.74, 6) is -0.293. The van der Waals surface area contributed by atoms with E-state index in [1.54, 1.807) is 12.1 Å². The van der Waals surface area contributed by atoms with E-state index in [-0.39, 0.29) is 11.3 Å². The number of thioether (sulfide) groups is 1. The molecule has 3 aromatic rings. The van der Waals surface area contributed by atoms with Gasteiger partial charge in [0.2, 0.25) is 5.91 Å². The summed E-state index contributed by atoms with van der Waals surface area (Å²) in [6.07, 6.45) is 1.90. The highest BCUT2D eigenvalue weighted by molar-refractivity contribution is 7.99. The van der Waals surface area contributed by atoms with E-state index in [0.717, 1.165) is 40.6 Å². The monoisotopic (exact) mass is 458 g/mol. The minimum atomic E-state index is -0.395. The average molecular weight is 459 g/mol. The fraction of sp³-hybridized carbons (Fsp3) is 0.364. The molecule has 1 atom stereocenters. The van der Waals surface area contributed by atoms with Gasteiger partial charge in [0.15, 0.2) is 5.16 Å². The molecule has 0 aliphatic carbocycles. The molecule has 2 heterocycles. The molecule has 1 unspecified atom stereocenters. The summed E-state index contributed by atoms with van der Waals surface area (Å²) in [7, 11) is 0. The summed E-state index contributed by atoms with van der Waals surface area (Å²) in [6, 6.07) is 7.03. The van der Waals surface area contributed by atoms with Crippen molar-refractivity contribution in [1.82, 2.24) is 20.8 Å². The molecule has 7 nitrogen and oxygen atoms in total. The van der Waals surface area contributed by atoms with Gasteiger partial charge >= 0.3 is 0 Å². The molecule has 1 aromatic carbocycles. The number of hydrazine groups is 1. The molecule has 0 bridgehead atoms. The molecular formula is C22H26N4O3S2. The van der Waals surface area contributed by atoms with Crippen molar-refractivity contribution in [2.75, 3.05) is 5.75 Å². The molecule has 3 rings (SSSR count). The van der Waals surface area contributed by atoms with Crippen molar-refractivity contribution >= 4 is 45.1 Å². The molecule has 0 saturated heterocycles. The van der Waals surface area contributed by atoms with Crippen molar-refractivity contribution in [2.45, 2.75) is 45.7 Å². The van der Waals surface area contributed by atoms with Crippen LogP contribution >= 0.6 is 23.1 Å². The number of H-pyrrole nitrogens is 1. The fourth-order valence-corrected chi connectivity index (χ4v) is 4.81. The molecule has 0 spiro atoms. The average Bonchev–Trinajstić information content (AvgIpc) is 3.06. The lowest BCUT2D eigenvalue weighted by Gasteiger charge is -2.08. The second kappa shape index (κ2) is 10.1. The van der Waals surface area contributed by atoms with Crippen molar-refractivity contribution in [2.24, 2.45) is 5.92 Å². The van der Waals surface area contributed by atoms with Crippen molar-refractivity contribution in [3.8, 4) is 0 Å². The van der Waals surface area contributed by atoms with Crippen LogP contribution in [0.4, 0.5) is 0 Å². The number of fused-ring (bicyclic) bond motifs is 1. The van der Waals surface area contributed by atoms with E-state index in [9.17, 15) is 14.4 Å². The lowest BCUT2D eigenvalue weighted by molar-refractivity contribution is -0.119. The Balaban J connectivity index is 1.61. The number of amides is 2. The number of nitrogens with zero attached hydrogens (tertiary/aromatic N) is 1. The topological polar surface area (TPSA) is 104 Å². The first-order valence-electron chi connectivity index (χ1n) is 10.1. The number of hydrogen-bond acceptors (Lipinski definition) is 6. The number of hydrogen-bond donors (Lipinski definition) is 3. The molecular weight excluding hydrogens is 432 g/mol. The third-order valence-corrected chi connectivity index (χ3v) is 6.97. The van der Waals surface area contributed by atoms with E-state index < -0.39 is 11.8 Å². The molecule has 0 radical (unpaired) electrons.